The largest absolute Gasteiger partial charge is 0.379 e. The SMILES string of the molecule is O=c1c(C(CN2CCOCC2)c2ccc(Cl)cc2)nc(-c2ccccc2)nn1CN1CCOCC1. The minimum absolute atomic E-state index is 0.163. The van der Waals surface area contributed by atoms with E-state index in [4.69, 9.17) is 31.2 Å². The Hall–Kier alpha value is -2.62. The summed E-state index contributed by atoms with van der Waals surface area (Å²) in [6.45, 7) is 6.94. The first-order valence-electron chi connectivity index (χ1n) is 12.1. The molecule has 2 saturated heterocycles. The summed E-state index contributed by atoms with van der Waals surface area (Å²) in [6, 6.07) is 17.5. The van der Waals surface area contributed by atoms with Crippen LogP contribution < -0.4 is 5.56 Å². The minimum Gasteiger partial charge on any atom is -0.379 e. The lowest BCUT2D eigenvalue weighted by Crippen LogP contribution is -2.43. The molecular weight excluding hydrogens is 466 g/mol. The van der Waals surface area contributed by atoms with E-state index in [0.29, 0.717) is 56.2 Å². The molecule has 0 saturated carbocycles. The number of halogens is 1. The van der Waals surface area contributed by atoms with Gasteiger partial charge in [-0.3, -0.25) is 14.6 Å². The van der Waals surface area contributed by atoms with E-state index in [2.05, 4.69) is 9.80 Å². The van der Waals surface area contributed by atoms with E-state index in [1.165, 1.54) is 0 Å². The number of nitrogens with zero attached hydrogens (tertiary/aromatic N) is 5. The molecule has 1 atom stereocenters. The van der Waals surface area contributed by atoms with Gasteiger partial charge in [0.1, 0.15) is 5.69 Å². The minimum atomic E-state index is -0.223. The van der Waals surface area contributed by atoms with Crippen LogP contribution in [0.3, 0.4) is 0 Å². The van der Waals surface area contributed by atoms with Gasteiger partial charge in [0, 0.05) is 49.2 Å². The Morgan fingerprint density at radius 1 is 0.857 bits per heavy atom. The van der Waals surface area contributed by atoms with Crippen LogP contribution >= 0.6 is 11.6 Å². The van der Waals surface area contributed by atoms with Crippen molar-refractivity contribution in [3.63, 3.8) is 0 Å². The van der Waals surface area contributed by atoms with Gasteiger partial charge in [-0.2, -0.15) is 0 Å². The first-order valence-corrected chi connectivity index (χ1v) is 12.5. The van der Waals surface area contributed by atoms with Crippen LogP contribution in [0.5, 0.6) is 0 Å². The molecule has 1 aromatic heterocycles. The zero-order chi connectivity index (χ0) is 24.0. The van der Waals surface area contributed by atoms with Crippen molar-refractivity contribution in [2.45, 2.75) is 12.6 Å². The van der Waals surface area contributed by atoms with Crippen LogP contribution in [-0.2, 0) is 16.1 Å². The van der Waals surface area contributed by atoms with Crippen molar-refractivity contribution in [2.75, 3.05) is 59.2 Å². The number of hydrogen-bond donors (Lipinski definition) is 0. The normalized spacial score (nSPS) is 18.4. The zero-order valence-electron chi connectivity index (χ0n) is 19.7. The molecule has 0 bridgehead atoms. The van der Waals surface area contributed by atoms with Gasteiger partial charge in [0.25, 0.3) is 5.56 Å². The van der Waals surface area contributed by atoms with Crippen molar-refractivity contribution in [3.05, 3.63) is 81.2 Å². The van der Waals surface area contributed by atoms with Crippen molar-refractivity contribution >= 4 is 11.6 Å². The van der Waals surface area contributed by atoms with Crippen molar-refractivity contribution in [3.8, 4) is 11.4 Å². The molecule has 9 heteroatoms. The Morgan fingerprint density at radius 2 is 1.49 bits per heavy atom. The highest BCUT2D eigenvalue weighted by molar-refractivity contribution is 6.30. The monoisotopic (exact) mass is 495 g/mol. The summed E-state index contributed by atoms with van der Waals surface area (Å²) < 4.78 is 12.6. The number of morpholine rings is 2. The summed E-state index contributed by atoms with van der Waals surface area (Å²) in [5.41, 5.74) is 2.23. The summed E-state index contributed by atoms with van der Waals surface area (Å²) in [7, 11) is 0. The third kappa shape index (κ3) is 5.97. The molecule has 35 heavy (non-hydrogen) atoms. The lowest BCUT2D eigenvalue weighted by atomic mass is 9.94. The van der Waals surface area contributed by atoms with Gasteiger partial charge in [-0.15, -0.1) is 5.10 Å². The van der Waals surface area contributed by atoms with E-state index < -0.39 is 0 Å². The van der Waals surface area contributed by atoms with Gasteiger partial charge >= 0.3 is 0 Å². The fourth-order valence-electron chi connectivity index (χ4n) is 4.53. The number of benzene rings is 2. The maximum atomic E-state index is 13.9. The van der Waals surface area contributed by atoms with Crippen LogP contribution in [-0.4, -0.2) is 83.7 Å². The van der Waals surface area contributed by atoms with E-state index in [1.54, 1.807) is 4.68 Å². The van der Waals surface area contributed by atoms with E-state index in [9.17, 15) is 4.79 Å². The van der Waals surface area contributed by atoms with Crippen LogP contribution in [0.25, 0.3) is 11.4 Å². The highest BCUT2D eigenvalue weighted by atomic mass is 35.5. The van der Waals surface area contributed by atoms with E-state index in [1.807, 2.05) is 54.6 Å². The van der Waals surface area contributed by atoms with Gasteiger partial charge in [0.05, 0.1) is 33.1 Å². The molecule has 0 N–H and O–H groups in total. The maximum Gasteiger partial charge on any atom is 0.290 e. The fourth-order valence-corrected chi connectivity index (χ4v) is 4.65. The number of aromatic nitrogens is 3. The van der Waals surface area contributed by atoms with Crippen LogP contribution in [0, 0.1) is 0 Å². The predicted octanol–water partition coefficient (Wildman–Crippen LogP) is 2.71. The van der Waals surface area contributed by atoms with Crippen LogP contribution in [0.4, 0.5) is 0 Å². The third-order valence-corrected chi connectivity index (χ3v) is 6.76. The van der Waals surface area contributed by atoms with Crippen LogP contribution in [0.2, 0.25) is 5.02 Å². The summed E-state index contributed by atoms with van der Waals surface area (Å²) in [6.07, 6.45) is 0. The predicted molar refractivity (Wildman–Crippen MR) is 135 cm³/mol. The van der Waals surface area contributed by atoms with Crippen LogP contribution in [0.15, 0.2) is 59.4 Å². The molecule has 2 aromatic carbocycles. The molecule has 8 nitrogen and oxygen atoms in total. The number of hydrogen-bond acceptors (Lipinski definition) is 7. The molecule has 5 rings (SSSR count). The smallest absolute Gasteiger partial charge is 0.290 e. The standard InChI is InChI=1S/C26H30ClN5O3/c27-22-8-6-20(7-9-22)23(18-30-10-14-34-15-11-30)24-26(33)32(19-31-12-16-35-17-13-31)29-25(28-24)21-4-2-1-3-5-21/h1-9,23H,10-19H2. The summed E-state index contributed by atoms with van der Waals surface area (Å²) >= 11 is 6.19. The fraction of sp³-hybridized carbons (Fsp3) is 0.423. The van der Waals surface area contributed by atoms with E-state index >= 15 is 0 Å². The average molecular weight is 496 g/mol. The molecule has 184 valence electrons. The Morgan fingerprint density at radius 3 is 2.14 bits per heavy atom. The van der Waals surface area contributed by atoms with Gasteiger partial charge in [-0.05, 0) is 17.7 Å². The lowest BCUT2D eigenvalue weighted by molar-refractivity contribution is 0.0202. The summed E-state index contributed by atoms with van der Waals surface area (Å²) in [5, 5.41) is 5.35. The molecule has 0 spiro atoms. The van der Waals surface area contributed by atoms with Crippen molar-refractivity contribution in [2.24, 2.45) is 0 Å². The summed E-state index contributed by atoms with van der Waals surface area (Å²) in [4.78, 5) is 23.3. The van der Waals surface area contributed by atoms with Gasteiger partial charge in [-0.25, -0.2) is 9.67 Å². The van der Waals surface area contributed by atoms with Crippen molar-refractivity contribution in [1.82, 2.24) is 24.6 Å². The second-order valence-corrected chi connectivity index (χ2v) is 9.32. The van der Waals surface area contributed by atoms with Gasteiger partial charge in [0.2, 0.25) is 0 Å². The molecule has 2 aliphatic rings. The Bertz CT molecular complexity index is 1160. The lowest BCUT2D eigenvalue weighted by Gasteiger charge is -2.31. The van der Waals surface area contributed by atoms with E-state index in [0.717, 1.165) is 37.3 Å². The Kier molecular flexibility index (Phi) is 7.85. The molecule has 0 aliphatic carbocycles. The second-order valence-electron chi connectivity index (χ2n) is 8.88. The quantitative estimate of drug-likeness (QED) is 0.499. The average Bonchev–Trinajstić information content (AvgIpc) is 2.91. The maximum absolute atomic E-state index is 13.9. The van der Waals surface area contributed by atoms with Gasteiger partial charge < -0.3 is 9.47 Å². The van der Waals surface area contributed by atoms with Crippen LogP contribution in [0.1, 0.15) is 17.2 Å². The summed E-state index contributed by atoms with van der Waals surface area (Å²) in [5.74, 6) is 0.327. The van der Waals surface area contributed by atoms with Gasteiger partial charge in [0.15, 0.2) is 5.82 Å². The number of ether oxygens (including phenoxy) is 2. The zero-order valence-corrected chi connectivity index (χ0v) is 20.4. The Balaban J connectivity index is 1.59. The van der Waals surface area contributed by atoms with Crippen molar-refractivity contribution < 1.29 is 9.47 Å². The highest BCUT2D eigenvalue weighted by Gasteiger charge is 2.26. The third-order valence-electron chi connectivity index (χ3n) is 6.51. The van der Waals surface area contributed by atoms with E-state index in [-0.39, 0.29) is 11.5 Å². The molecule has 1 unspecified atom stereocenters. The molecule has 2 fully saturated rings. The molecular formula is C26H30ClN5O3. The van der Waals surface area contributed by atoms with Gasteiger partial charge in [-0.1, -0.05) is 54.1 Å². The molecule has 3 aromatic rings. The first kappa shape index (κ1) is 24.1. The highest BCUT2D eigenvalue weighted by Crippen LogP contribution is 2.26. The molecule has 0 amide bonds. The topological polar surface area (TPSA) is 72.7 Å². The van der Waals surface area contributed by atoms with Crippen molar-refractivity contribution in [1.29, 1.82) is 0 Å². The Labute approximate surface area is 210 Å². The molecule has 0 radical (unpaired) electrons. The first-order chi connectivity index (χ1) is 17.2. The molecule has 3 heterocycles. The second kappa shape index (κ2) is 11.4. The molecule has 2 aliphatic heterocycles. The number of rotatable bonds is 7.